The van der Waals surface area contributed by atoms with Crippen LogP contribution in [0.2, 0.25) is 5.02 Å². The van der Waals surface area contributed by atoms with Crippen molar-refractivity contribution >= 4 is 32.7 Å². The van der Waals surface area contributed by atoms with Crippen LogP contribution in [0.4, 0.5) is 0 Å². The zero-order valence-electron chi connectivity index (χ0n) is 15.8. The van der Waals surface area contributed by atoms with Crippen LogP contribution in [0.3, 0.4) is 0 Å². The number of hydrogen-bond acceptors (Lipinski definition) is 7. The highest BCUT2D eigenvalue weighted by Crippen LogP contribution is 2.20. The van der Waals surface area contributed by atoms with Crippen LogP contribution < -0.4 is 10.5 Å². The molecule has 0 saturated carbocycles. The average Bonchev–Trinajstić information content (AvgIpc) is 3.31. The molecule has 0 aliphatic heterocycles. The molecule has 0 saturated heterocycles. The SMILES string of the molecule is CCc1nc(Cn2c(=O)oc3cc(S(=O)(=O)NCc4ccc(Cl)cc4)ccc32)no1. The molecule has 0 radical (unpaired) electrons. The summed E-state index contributed by atoms with van der Waals surface area (Å²) in [5, 5.41) is 4.39. The van der Waals surface area contributed by atoms with E-state index in [1.807, 2.05) is 6.92 Å². The molecule has 156 valence electrons. The van der Waals surface area contributed by atoms with Gasteiger partial charge < -0.3 is 8.94 Å². The number of rotatable bonds is 7. The Balaban J connectivity index is 1.58. The first-order chi connectivity index (χ1) is 14.4. The van der Waals surface area contributed by atoms with E-state index in [0.717, 1.165) is 5.56 Å². The molecule has 0 aliphatic carbocycles. The fourth-order valence-corrected chi connectivity index (χ4v) is 4.03. The lowest BCUT2D eigenvalue weighted by Crippen LogP contribution is -2.23. The summed E-state index contributed by atoms with van der Waals surface area (Å²) < 4.78 is 39.4. The molecule has 4 rings (SSSR count). The molecule has 0 bridgehead atoms. The molecule has 9 nitrogen and oxygen atoms in total. The van der Waals surface area contributed by atoms with Gasteiger partial charge in [-0.05, 0) is 29.8 Å². The van der Waals surface area contributed by atoms with Crippen molar-refractivity contribution in [3.05, 3.63) is 75.3 Å². The van der Waals surface area contributed by atoms with Crippen molar-refractivity contribution in [2.45, 2.75) is 31.3 Å². The van der Waals surface area contributed by atoms with Gasteiger partial charge in [-0.3, -0.25) is 4.57 Å². The topological polar surface area (TPSA) is 120 Å². The van der Waals surface area contributed by atoms with Crippen LogP contribution in [0.5, 0.6) is 0 Å². The number of oxazole rings is 1. The van der Waals surface area contributed by atoms with Gasteiger partial charge in [0.25, 0.3) is 0 Å². The van der Waals surface area contributed by atoms with Crippen molar-refractivity contribution < 1.29 is 17.4 Å². The lowest BCUT2D eigenvalue weighted by Gasteiger charge is -2.07. The number of fused-ring (bicyclic) bond motifs is 1. The summed E-state index contributed by atoms with van der Waals surface area (Å²) in [4.78, 5) is 16.4. The van der Waals surface area contributed by atoms with E-state index in [1.54, 1.807) is 24.3 Å². The Morgan fingerprint density at radius 1 is 1.17 bits per heavy atom. The molecule has 30 heavy (non-hydrogen) atoms. The van der Waals surface area contributed by atoms with Crippen molar-refractivity contribution in [3.8, 4) is 0 Å². The number of nitrogens with one attached hydrogen (secondary N) is 1. The molecular formula is C19H17ClN4O5S. The third-order valence-corrected chi connectivity index (χ3v) is 6.09. The standard InChI is InChI=1S/C19H17ClN4O5S/c1-2-18-22-17(23-29-18)11-24-15-8-7-14(9-16(15)28-19(24)25)30(26,27)21-10-12-3-5-13(20)6-4-12/h3-9,21H,2,10-11H2,1H3. The molecule has 0 spiro atoms. The summed E-state index contributed by atoms with van der Waals surface area (Å²) in [5.41, 5.74) is 1.33. The van der Waals surface area contributed by atoms with Gasteiger partial charge in [0.15, 0.2) is 11.4 Å². The summed E-state index contributed by atoms with van der Waals surface area (Å²) in [7, 11) is -3.82. The van der Waals surface area contributed by atoms with Crippen LogP contribution in [0.1, 0.15) is 24.2 Å². The van der Waals surface area contributed by atoms with Crippen LogP contribution in [-0.2, 0) is 29.5 Å². The molecule has 2 aromatic carbocycles. The number of halogens is 1. The van der Waals surface area contributed by atoms with Crippen LogP contribution in [0.25, 0.3) is 11.1 Å². The number of benzene rings is 2. The molecular weight excluding hydrogens is 432 g/mol. The minimum absolute atomic E-state index is 0.0160. The molecule has 0 unspecified atom stereocenters. The van der Waals surface area contributed by atoms with Gasteiger partial charge in [-0.25, -0.2) is 17.9 Å². The smallest absolute Gasteiger partial charge is 0.408 e. The van der Waals surface area contributed by atoms with Gasteiger partial charge in [0.05, 0.1) is 17.0 Å². The number of nitrogens with zero attached hydrogens (tertiary/aromatic N) is 3. The van der Waals surface area contributed by atoms with E-state index in [4.69, 9.17) is 20.5 Å². The van der Waals surface area contributed by atoms with Gasteiger partial charge in [0, 0.05) is 24.1 Å². The Morgan fingerprint density at radius 3 is 2.63 bits per heavy atom. The van der Waals surface area contributed by atoms with Crippen molar-refractivity contribution in [3.63, 3.8) is 0 Å². The third kappa shape index (κ3) is 4.16. The molecule has 0 aliphatic rings. The van der Waals surface area contributed by atoms with Crippen molar-refractivity contribution in [2.24, 2.45) is 0 Å². The van der Waals surface area contributed by atoms with Gasteiger partial charge in [-0.15, -0.1) is 0 Å². The van der Waals surface area contributed by atoms with Crippen molar-refractivity contribution in [1.82, 2.24) is 19.4 Å². The molecule has 0 atom stereocenters. The zero-order valence-corrected chi connectivity index (χ0v) is 17.4. The van der Waals surface area contributed by atoms with E-state index in [0.29, 0.717) is 28.7 Å². The van der Waals surface area contributed by atoms with E-state index >= 15 is 0 Å². The summed E-state index contributed by atoms with van der Waals surface area (Å²) in [6, 6.07) is 11.1. The predicted octanol–water partition coefficient (Wildman–Crippen LogP) is 2.72. The second-order valence-electron chi connectivity index (χ2n) is 6.49. The Labute approximate surface area is 176 Å². The first-order valence-electron chi connectivity index (χ1n) is 9.04. The van der Waals surface area contributed by atoms with Gasteiger partial charge >= 0.3 is 5.76 Å². The summed E-state index contributed by atoms with van der Waals surface area (Å²) >= 11 is 5.84. The first-order valence-corrected chi connectivity index (χ1v) is 10.9. The monoisotopic (exact) mass is 448 g/mol. The van der Waals surface area contributed by atoms with E-state index < -0.39 is 15.8 Å². The van der Waals surface area contributed by atoms with E-state index in [-0.39, 0.29) is 23.6 Å². The van der Waals surface area contributed by atoms with E-state index in [2.05, 4.69) is 14.9 Å². The molecule has 2 heterocycles. The maximum Gasteiger partial charge on any atom is 0.420 e. The zero-order chi connectivity index (χ0) is 21.3. The molecule has 4 aromatic rings. The van der Waals surface area contributed by atoms with Crippen molar-refractivity contribution in [2.75, 3.05) is 0 Å². The van der Waals surface area contributed by atoms with Gasteiger partial charge in [-0.1, -0.05) is 35.8 Å². The fourth-order valence-electron chi connectivity index (χ4n) is 2.87. The fraction of sp³-hybridized carbons (Fsp3) is 0.211. The summed E-state index contributed by atoms with van der Waals surface area (Å²) in [6.07, 6.45) is 0.582. The average molecular weight is 449 g/mol. The van der Waals surface area contributed by atoms with Crippen LogP contribution in [0.15, 0.2) is 61.1 Å². The number of hydrogen-bond donors (Lipinski definition) is 1. The van der Waals surface area contributed by atoms with Crippen LogP contribution in [0, 0.1) is 0 Å². The van der Waals surface area contributed by atoms with Crippen LogP contribution >= 0.6 is 11.6 Å². The lowest BCUT2D eigenvalue weighted by atomic mass is 10.2. The van der Waals surface area contributed by atoms with Gasteiger partial charge in [-0.2, -0.15) is 4.98 Å². The molecule has 0 amide bonds. The largest absolute Gasteiger partial charge is 0.420 e. The second kappa shape index (κ2) is 8.05. The highest BCUT2D eigenvalue weighted by Gasteiger charge is 2.18. The maximum absolute atomic E-state index is 12.6. The summed E-state index contributed by atoms with van der Waals surface area (Å²) in [5.74, 6) is 0.153. The predicted molar refractivity (Wildman–Crippen MR) is 109 cm³/mol. The minimum Gasteiger partial charge on any atom is -0.408 e. The molecule has 0 fully saturated rings. The minimum atomic E-state index is -3.82. The third-order valence-electron chi connectivity index (χ3n) is 4.44. The molecule has 1 N–H and O–H groups in total. The number of sulfonamides is 1. The van der Waals surface area contributed by atoms with E-state index in [1.165, 1.54) is 22.8 Å². The highest BCUT2D eigenvalue weighted by atomic mass is 35.5. The number of aryl methyl sites for hydroxylation is 1. The van der Waals surface area contributed by atoms with Crippen LogP contribution in [-0.4, -0.2) is 23.1 Å². The first kappa shape index (κ1) is 20.3. The molecule has 11 heteroatoms. The number of aromatic nitrogens is 3. The summed E-state index contributed by atoms with van der Waals surface area (Å²) in [6.45, 7) is 2.02. The second-order valence-corrected chi connectivity index (χ2v) is 8.70. The van der Waals surface area contributed by atoms with Gasteiger partial charge in [0.2, 0.25) is 15.9 Å². The Kier molecular flexibility index (Phi) is 5.46. The maximum atomic E-state index is 12.6. The van der Waals surface area contributed by atoms with Gasteiger partial charge in [0.1, 0.15) is 0 Å². The highest BCUT2D eigenvalue weighted by molar-refractivity contribution is 7.89. The lowest BCUT2D eigenvalue weighted by molar-refractivity contribution is 0.375. The Hall–Kier alpha value is -2.95. The quantitative estimate of drug-likeness (QED) is 0.461. The normalized spacial score (nSPS) is 11.9. The Bertz CT molecular complexity index is 1360. The van der Waals surface area contributed by atoms with E-state index in [9.17, 15) is 13.2 Å². The Morgan fingerprint density at radius 2 is 1.93 bits per heavy atom. The van der Waals surface area contributed by atoms with Crippen molar-refractivity contribution in [1.29, 1.82) is 0 Å². The molecule has 2 aromatic heterocycles.